The van der Waals surface area contributed by atoms with Gasteiger partial charge in [0.05, 0.1) is 17.0 Å². The van der Waals surface area contributed by atoms with Crippen molar-refractivity contribution < 1.29 is 9.90 Å². The maximum atomic E-state index is 10.9. The fourth-order valence-corrected chi connectivity index (χ4v) is 2.64. The number of imidazole rings is 1. The molecule has 0 aliphatic heterocycles. The lowest BCUT2D eigenvalue weighted by Crippen LogP contribution is -1.99. The Balaban J connectivity index is 2.01. The van der Waals surface area contributed by atoms with E-state index in [1.807, 2.05) is 19.2 Å². The van der Waals surface area contributed by atoms with Gasteiger partial charge in [-0.25, -0.2) is 4.98 Å². The second-order valence-corrected chi connectivity index (χ2v) is 4.98. The molecule has 1 heterocycles. The molecule has 4 nitrogen and oxygen atoms in total. The molecule has 0 amide bonds. The first-order valence-corrected chi connectivity index (χ1v) is 6.30. The van der Waals surface area contributed by atoms with Crippen LogP contribution in [0.2, 0.25) is 0 Å². The second-order valence-electron chi connectivity index (χ2n) is 4.98. The fourth-order valence-electron chi connectivity index (χ4n) is 2.64. The van der Waals surface area contributed by atoms with E-state index in [0.717, 1.165) is 35.3 Å². The molecule has 3 rings (SSSR count). The lowest BCUT2D eigenvalue weighted by molar-refractivity contribution is -0.138. The van der Waals surface area contributed by atoms with Crippen LogP contribution < -0.4 is 0 Å². The van der Waals surface area contributed by atoms with Crippen molar-refractivity contribution in [3.63, 3.8) is 0 Å². The summed E-state index contributed by atoms with van der Waals surface area (Å²) in [6.07, 6.45) is 1.67. The van der Waals surface area contributed by atoms with E-state index < -0.39 is 5.97 Å². The molecule has 1 aliphatic rings. The molecule has 1 aromatic heterocycles. The number of aryl methyl sites for hydroxylation is 2. The van der Waals surface area contributed by atoms with Gasteiger partial charge in [0.1, 0.15) is 5.82 Å². The highest BCUT2D eigenvalue weighted by Crippen LogP contribution is 2.47. The molecule has 4 heteroatoms. The average Bonchev–Trinajstić information content (AvgIpc) is 3.10. The van der Waals surface area contributed by atoms with Gasteiger partial charge in [-0.15, -0.1) is 0 Å². The van der Waals surface area contributed by atoms with E-state index in [9.17, 15) is 4.79 Å². The highest BCUT2D eigenvalue weighted by Gasteiger charge is 2.44. The van der Waals surface area contributed by atoms with E-state index in [-0.39, 0.29) is 11.8 Å². The van der Waals surface area contributed by atoms with Gasteiger partial charge in [-0.2, -0.15) is 0 Å². The van der Waals surface area contributed by atoms with Crippen LogP contribution in [0.3, 0.4) is 0 Å². The van der Waals surface area contributed by atoms with Gasteiger partial charge in [0.15, 0.2) is 0 Å². The molecule has 0 saturated heterocycles. The van der Waals surface area contributed by atoms with Crippen LogP contribution in [0.15, 0.2) is 18.2 Å². The zero-order valence-electron chi connectivity index (χ0n) is 10.6. The van der Waals surface area contributed by atoms with E-state index in [1.165, 1.54) is 0 Å². The topological polar surface area (TPSA) is 55.1 Å². The summed E-state index contributed by atoms with van der Waals surface area (Å²) in [7, 11) is 2.01. The minimum Gasteiger partial charge on any atom is -0.481 e. The normalized spacial score (nSPS) is 22.3. The van der Waals surface area contributed by atoms with Crippen molar-refractivity contribution in [1.82, 2.24) is 9.55 Å². The Hall–Kier alpha value is -1.84. The van der Waals surface area contributed by atoms with Gasteiger partial charge < -0.3 is 9.67 Å². The molecular formula is C14H16N2O2. The third-order valence-electron chi connectivity index (χ3n) is 3.85. The molecule has 18 heavy (non-hydrogen) atoms. The summed E-state index contributed by atoms with van der Waals surface area (Å²) in [6.45, 7) is 2.09. The Morgan fingerprint density at radius 3 is 2.94 bits per heavy atom. The van der Waals surface area contributed by atoms with Crippen molar-refractivity contribution in [3.05, 3.63) is 29.6 Å². The lowest BCUT2D eigenvalue weighted by atomic mass is 10.1. The molecule has 0 bridgehead atoms. The minimum atomic E-state index is -0.681. The molecule has 2 unspecified atom stereocenters. The van der Waals surface area contributed by atoms with Crippen LogP contribution >= 0.6 is 0 Å². The quantitative estimate of drug-likeness (QED) is 0.901. The fraction of sp³-hybridized carbons (Fsp3) is 0.429. The Morgan fingerprint density at radius 2 is 2.33 bits per heavy atom. The summed E-state index contributed by atoms with van der Waals surface area (Å²) in [6, 6.07) is 6.11. The molecule has 1 saturated carbocycles. The van der Waals surface area contributed by atoms with Gasteiger partial charge in [0, 0.05) is 13.5 Å². The Labute approximate surface area is 105 Å². The van der Waals surface area contributed by atoms with Gasteiger partial charge in [-0.05, 0) is 30.0 Å². The number of carboxylic acid groups (broad SMARTS) is 1. The van der Waals surface area contributed by atoms with Crippen molar-refractivity contribution in [3.8, 4) is 0 Å². The number of hydrogen-bond donors (Lipinski definition) is 1. The van der Waals surface area contributed by atoms with Crippen molar-refractivity contribution in [2.24, 2.45) is 13.0 Å². The molecule has 94 valence electrons. The van der Waals surface area contributed by atoms with Crippen LogP contribution in [-0.4, -0.2) is 20.6 Å². The number of nitrogens with zero attached hydrogens (tertiary/aromatic N) is 2. The first-order chi connectivity index (χ1) is 8.61. The lowest BCUT2D eigenvalue weighted by Gasteiger charge is -2.01. The summed E-state index contributed by atoms with van der Waals surface area (Å²) in [4.78, 5) is 15.5. The van der Waals surface area contributed by atoms with Gasteiger partial charge >= 0.3 is 5.97 Å². The third kappa shape index (κ3) is 1.60. The molecular weight excluding hydrogens is 228 g/mol. The molecule has 2 atom stereocenters. The highest BCUT2D eigenvalue weighted by atomic mass is 16.4. The van der Waals surface area contributed by atoms with E-state index >= 15 is 0 Å². The number of fused-ring (bicyclic) bond motifs is 1. The molecule has 1 N–H and O–H groups in total. The van der Waals surface area contributed by atoms with Gasteiger partial charge in [0.25, 0.3) is 0 Å². The Bertz CT molecular complexity index is 630. The first kappa shape index (κ1) is 11.3. The number of carboxylic acids is 1. The van der Waals surface area contributed by atoms with Crippen molar-refractivity contribution in [1.29, 1.82) is 0 Å². The van der Waals surface area contributed by atoms with E-state index in [0.29, 0.717) is 0 Å². The Kier molecular flexibility index (Phi) is 2.40. The van der Waals surface area contributed by atoms with E-state index in [2.05, 4.69) is 22.5 Å². The summed E-state index contributed by atoms with van der Waals surface area (Å²) < 4.78 is 2.09. The predicted octanol–water partition coefficient (Wildman–Crippen LogP) is 2.32. The molecule has 1 aliphatic carbocycles. The van der Waals surface area contributed by atoms with E-state index in [1.54, 1.807) is 0 Å². The first-order valence-electron chi connectivity index (χ1n) is 6.30. The highest BCUT2D eigenvalue weighted by molar-refractivity contribution is 5.79. The standard InChI is InChI=1S/C14H16N2O2/c1-3-13-15-11-5-4-8(6-12(11)16(13)2)9-7-10(9)14(17)18/h4-6,9-10H,3,7H2,1-2H3,(H,17,18). The van der Waals surface area contributed by atoms with E-state index in [4.69, 9.17) is 5.11 Å². The number of benzene rings is 1. The molecule has 0 spiro atoms. The largest absolute Gasteiger partial charge is 0.481 e. The monoisotopic (exact) mass is 244 g/mol. The van der Waals surface area contributed by atoms with Crippen LogP contribution in [0.5, 0.6) is 0 Å². The number of carbonyl (C=O) groups is 1. The number of aliphatic carboxylic acids is 1. The Morgan fingerprint density at radius 1 is 1.56 bits per heavy atom. The van der Waals surface area contributed by atoms with Crippen LogP contribution in [0.4, 0.5) is 0 Å². The van der Waals surface area contributed by atoms with Crippen LogP contribution in [-0.2, 0) is 18.3 Å². The van der Waals surface area contributed by atoms with Gasteiger partial charge in [-0.3, -0.25) is 4.79 Å². The number of hydrogen-bond acceptors (Lipinski definition) is 2. The maximum absolute atomic E-state index is 10.9. The zero-order valence-corrected chi connectivity index (χ0v) is 10.6. The van der Waals surface area contributed by atoms with Crippen LogP contribution in [0, 0.1) is 5.92 Å². The maximum Gasteiger partial charge on any atom is 0.307 e. The van der Waals surface area contributed by atoms with Crippen molar-refractivity contribution in [2.45, 2.75) is 25.7 Å². The minimum absolute atomic E-state index is 0.187. The molecule has 2 aromatic rings. The molecule has 1 fully saturated rings. The summed E-state index contributed by atoms with van der Waals surface area (Å²) in [5.74, 6) is 0.375. The zero-order chi connectivity index (χ0) is 12.9. The van der Waals surface area contributed by atoms with Gasteiger partial charge in [0.2, 0.25) is 0 Å². The SMILES string of the molecule is CCc1nc2ccc(C3CC3C(=O)O)cc2n1C. The van der Waals surface area contributed by atoms with Crippen LogP contribution in [0.25, 0.3) is 11.0 Å². The smallest absolute Gasteiger partial charge is 0.307 e. The average molecular weight is 244 g/mol. The van der Waals surface area contributed by atoms with Crippen molar-refractivity contribution >= 4 is 17.0 Å². The predicted molar refractivity (Wildman–Crippen MR) is 68.6 cm³/mol. The number of aromatic nitrogens is 2. The summed E-state index contributed by atoms with van der Waals surface area (Å²) >= 11 is 0. The van der Waals surface area contributed by atoms with Crippen LogP contribution in [0.1, 0.15) is 30.7 Å². The third-order valence-corrected chi connectivity index (χ3v) is 3.85. The number of rotatable bonds is 3. The summed E-state index contributed by atoms with van der Waals surface area (Å²) in [5.41, 5.74) is 3.21. The second kappa shape index (κ2) is 3.83. The summed E-state index contributed by atoms with van der Waals surface area (Å²) in [5, 5.41) is 8.98. The van der Waals surface area contributed by atoms with Gasteiger partial charge in [-0.1, -0.05) is 13.0 Å². The molecule has 1 aromatic carbocycles. The van der Waals surface area contributed by atoms with Crippen molar-refractivity contribution in [2.75, 3.05) is 0 Å². The molecule has 0 radical (unpaired) electrons.